The highest BCUT2D eigenvalue weighted by molar-refractivity contribution is 5.04. The first-order valence-electron chi connectivity index (χ1n) is 8.32. The van der Waals surface area contributed by atoms with Gasteiger partial charge in [0, 0.05) is 12.6 Å². The lowest BCUT2D eigenvalue weighted by Gasteiger charge is -2.29. The van der Waals surface area contributed by atoms with Gasteiger partial charge in [0.05, 0.1) is 6.07 Å². The van der Waals surface area contributed by atoms with E-state index in [2.05, 4.69) is 37.2 Å². The molecule has 3 heteroatoms. The summed E-state index contributed by atoms with van der Waals surface area (Å²) in [6, 6.07) is 2.80. The van der Waals surface area contributed by atoms with E-state index in [-0.39, 0.29) is 5.54 Å². The third kappa shape index (κ3) is 6.72. The highest BCUT2D eigenvalue weighted by atomic mass is 15.1. The summed E-state index contributed by atoms with van der Waals surface area (Å²) in [6.45, 7) is 8.57. The molecule has 1 saturated carbocycles. The smallest absolute Gasteiger partial charge is 0.104 e. The van der Waals surface area contributed by atoms with Gasteiger partial charge in [0.15, 0.2) is 0 Å². The molecule has 1 aliphatic carbocycles. The molecular weight excluding hydrogens is 246 g/mol. The molecule has 0 radical (unpaired) electrons. The van der Waals surface area contributed by atoms with Crippen LogP contribution in [0.25, 0.3) is 0 Å². The summed E-state index contributed by atoms with van der Waals surface area (Å²) in [5, 5.41) is 12.7. The first-order chi connectivity index (χ1) is 9.45. The van der Waals surface area contributed by atoms with Crippen molar-refractivity contribution in [1.29, 1.82) is 5.26 Å². The van der Waals surface area contributed by atoms with E-state index in [4.69, 9.17) is 0 Å². The molecule has 1 rings (SSSR count). The monoisotopic (exact) mass is 279 g/mol. The van der Waals surface area contributed by atoms with Crippen LogP contribution in [0.4, 0.5) is 0 Å². The molecule has 0 saturated heterocycles. The van der Waals surface area contributed by atoms with E-state index in [0.29, 0.717) is 6.04 Å². The van der Waals surface area contributed by atoms with Crippen molar-refractivity contribution in [2.45, 2.75) is 77.3 Å². The van der Waals surface area contributed by atoms with Crippen molar-refractivity contribution in [3.63, 3.8) is 0 Å². The van der Waals surface area contributed by atoms with Gasteiger partial charge in [-0.05, 0) is 66.0 Å². The van der Waals surface area contributed by atoms with Crippen molar-refractivity contribution in [2.24, 2.45) is 5.92 Å². The van der Waals surface area contributed by atoms with Gasteiger partial charge in [-0.3, -0.25) is 5.32 Å². The summed E-state index contributed by atoms with van der Waals surface area (Å²) < 4.78 is 0. The van der Waals surface area contributed by atoms with E-state index in [0.717, 1.165) is 25.3 Å². The van der Waals surface area contributed by atoms with Crippen molar-refractivity contribution in [3.05, 3.63) is 0 Å². The highest BCUT2D eigenvalue weighted by Gasteiger charge is 2.24. The summed E-state index contributed by atoms with van der Waals surface area (Å²) >= 11 is 0. The molecule has 1 N–H and O–H groups in total. The molecule has 1 unspecified atom stereocenters. The number of rotatable bonds is 8. The fourth-order valence-electron chi connectivity index (χ4n) is 3.40. The Morgan fingerprint density at radius 1 is 1.30 bits per heavy atom. The molecular formula is C17H33N3. The van der Waals surface area contributed by atoms with E-state index in [1.54, 1.807) is 0 Å². The Morgan fingerprint density at radius 3 is 2.50 bits per heavy atom. The van der Waals surface area contributed by atoms with E-state index in [1.807, 2.05) is 6.92 Å². The zero-order valence-electron chi connectivity index (χ0n) is 13.9. The zero-order valence-corrected chi connectivity index (χ0v) is 13.9. The molecule has 1 aliphatic rings. The average molecular weight is 279 g/mol. The van der Waals surface area contributed by atoms with Gasteiger partial charge in [0.1, 0.15) is 5.54 Å². The van der Waals surface area contributed by atoms with E-state index >= 15 is 0 Å². The molecule has 3 nitrogen and oxygen atoms in total. The Labute approximate surface area is 125 Å². The Kier molecular flexibility index (Phi) is 7.55. The average Bonchev–Trinajstić information content (AvgIpc) is 2.39. The molecule has 0 aliphatic heterocycles. The Bertz CT molecular complexity index is 302. The van der Waals surface area contributed by atoms with Crippen LogP contribution in [0, 0.1) is 17.2 Å². The largest absolute Gasteiger partial charge is 0.306 e. The second kappa shape index (κ2) is 8.64. The first kappa shape index (κ1) is 17.5. The third-order valence-corrected chi connectivity index (χ3v) is 4.37. The fraction of sp³-hybridized carbons (Fsp3) is 0.941. The van der Waals surface area contributed by atoms with Gasteiger partial charge < -0.3 is 4.90 Å². The molecule has 0 heterocycles. The summed E-state index contributed by atoms with van der Waals surface area (Å²) in [5.74, 6) is 0.907. The van der Waals surface area contributed by atoms with Gasteiger partial charge in [-0.2, -0.15) is 5.26 Å². The maximum Gasteiger partial charge on any atom is 0.104 e. The molecule has 0 bridgehead atoms. The van der Waals surface area contributed by atoms with Gasteiger partial charge in [-0.25, -0.2) is 0 Å². The van der Waals surface area contributed by atoms with Gasteiger partial charge in [-0.1, -0.05) is 19.3 Å². The second-order valence-corrected chi connectivity index (χ2v) is 7.11. The van der Waals surface area contributed by atoms with Gasteiger partial charge >= 0.3 is 0 Å². The summed E-state index contributed by atoms with van der Waals surface area (Å²) in [5.41, 5.74) is -0.375. The molecule has 0 aromatic heterocycles. The van der Waals surface area contributed by atoms with Crippen LogP contribution >= 0.6 is 0 Å². The first-order valence-corrected chi connectivity index (χ1v) is 8.32. The Balaban J connectivity index is 2.23. The minimum Gasteiger partial charge on any atom is -0.306 e. The Morgan fingerprint density at radius 2 is 1.95 bits per heavy atom. The molecule has 116 valence electrons. The van der Waals surface area contributed by atoms with Crippen molar-refractivity contribution in [3.8, 4) is 6.07 Å². The molecule has 1 fully saturated rings. The van der Waals surface area contributed by atoms with Crippen LogP contribution in [0.3, 0.4) is 0 Å². The third-order valence-electron chi connectivity index (χ3n) is 4.37. The number of nitrogens with one attached hydrogen (secondary N) is 1. The van der Waals surface area contributed by atoms with E-state index in [9.17, 15) is 5.26 Å². The van der Waals surface area contributed by atoms with Crippen molar-refractivity contribution < 1.29 is 0 Å². The van der Waals surface area contributed by atoms with Gasteiger partial charge in [0.25, 0.3) is 0 Å². The normalized spacial score (nSPS) is 20.1. The van der Waals surface area contributed by atoms with Crippen LogP contribution in [0.2, 0.25) is 0 Å². The summed E-state index contributed by atoms with van der Waals surface area (Å²) in [4.78, 5) is 2.46. The second-order valence-electron chi connectivity index (χ2n) is 7.11. The number of nitrogens with zero attached hydrogens (tertiary/aromatic N) is 2. The Hall–Kier alpha value is -0.590. The SMILES string of the molecule is CC(C)NC(C)(C#N)CCCN(C)CC1CCCCC1. The topological polar surface area (TPSA) is 39.1 Å². The lowest BCUT2D eigenvalue weighted by molar-refractivity contribution is 0.224. The summed E-state index contributed by atoms with van der Waals surface area (Å²) in [6.07, 6.45) is 9.11. The van der Waals surface area contributed by atoms with E-state index in [1.165, 1.54) is 38.6 Å². The van der Waals surface area contributed by atoms with E-state index < -0.39 is 0 Å². The summed E-state index contributed by atoms with van der Waals surface area (Å²) in [7, 11) is 2.23. The van der Waals surface area contributed by atoms with Crippen LogP contribution < -0.4 is 5.32 Å². The number of nitriles is 1. The van der Waals surface area contributed by atoms with Crippen LogP contribution in [-0.4, -0.2) is 36.6 Å². The molecule has 20 heavy (non-hydrogen) atoms. The molecule has 0 spiro atoms. The standard InChI is InChI=1S/C17H33N3/c1-15(2)19-17(3,14-18)11-8-12-20(4)13-16-9-6-5-7-10-16/h15-16,19H,5-13H2,1-4H3. The van der Waals surface area contributed by atoms with Crippen LogP contribution in [0.15, 0.2) is 0 Å². The predicted molar refractivity (Wildman–Crippen MR) is 85.6 cm³/mol. The highest BCUT2D eigenvalue weighted by Crippen LogP contribution is 2.24. The fourth-order valence-corrected chi connectivity index (χ4v) is 3.40. The lowest BCUT2D eigenvalue weighted by Crippen LogP contribution is -2.45. The zero-order chi connectivity index (χ0) is 15.0. The van der Waals surface area contributed by atoms with Crippen molar-refractivity contribution in [1.82, 2.24) is 10.2 Å². The maximum atomic E-state index is 9.33. The van der Waals surface area contributed by atoms with Crippen LogP contribution in [0.1, 0.15) is 65.7 Å². The molecule has 0 aromatic carbocycles. The van der Waals surface area contributed by atoms with Crippen molar-refractivity contribution >= 4 is 0 Å². The van der Waals surface area contributed by atoms with Crippen molar-refractivity contribution in [2.75, 3.05) is 20.1 Å². The number of hydrogen-bond acceptors (Lipinski definition) is 3. The van der Waals surface area contributed by atoms with Crippen LogP contribution in [0.5, 0.6) is 0 Å². The van der Waals surface area contributed by atoms with Crippen LogP contribution in [-0.2, 0) is 0 Å². The quantitative estimate of drug-likeness (QED) is 0.738. The molecule has 0 amide bonds. The predicted octanol–water partition coefficient (Wildman–Crippen LogP) is 3.56. The molecule has 1 atom stereocenters. The van der Waals surface area contributed by atoms with Gasteiger partial charge in [0.2, 0.25) is 0 Å². The number of hydrogen-bond donors (Lipinski definition) is 1. The van der Waals surface area contributed by atoms with Gasteiger partial charge in [-0.15, -0.1) is 0 Å². The maximum absolute atomic E-state index is 9.33. The minimum atomic E-state index is -0.375. The minimum absolute atomic E-state index is 0.361. The lowest BCUT2D eigenvalue weighted by atomic mass is 9.89. The molecule has 0 aromatic rings.